The number of methoxy groups -OCH3 is 1. The van der Waals surface area contributed by atoms with E-state index in [1.54, 1.807) is 7.11 Å². The number of aryl methyl sites for hydroxylation is 1. The van der Waals surface area contributed by atoms with E-state index in [2.05, 4.69) is 60.1 Å². The Morgan fingerprint density at radius 1 is 1.12 bits per heavy atom. The summed E-state index contributed by atoms with van der Waals surface area (Å²) in [4.78, 5) is 2.12. The minimum Gasteiger partial charge on any atom is -0.383 e. The zero-order valence-corrected chi connectivity index (χ0v) is 15.8. The fourth-order valence-corrected chi connectivity index (χ4v) is 2.86. The number of ether oxygens (including phenoxy) is 1. The highest BCUT2D eigenvalue weighted by molar-refractivity contribution is 7.80. The van der Waals surface area contributed by atoms with Crippen LogP contribution in [0.15, 0.2) is 66.9 Å². The molecule has 0 spiro atoms. The van der Waals surface area contributed by atoms with Crippen molar-refractivity contribution in [1.82, 2.24) is 10.2 Å². The summed E-state index contributed by atoms with van der Waals surface area (Å²) in [5.41, 5.74) is 4.63. The molecule has 0 radical (unpaired) electrons. The summed E-state index contributed by atoms with van der Waals surface area (Å²) in [6.07, 6.45) is 0.753. The topological polar surface area (TPSA) is 24.5 Å². The van der Waals surface area contributed by atoms with Crippen LogP contribution in [0.3, 0.4) is 0 Å². The van der Waals surface area contributed by atoms with E-state index in [0.29, 0.717) is 11.7 Å². The first-order chi connectivity index (χ1) is 12.1. The molecule has 0 aliphatic rings. The van der Waals surface area contributed by atoms with Crippen molar-refractivity contribution in [1.29, 1.82) is 0 Å². The number of nitrogens with one attached hydrogen (secondary N) is 1. The Balaban J connectivity index is 1.99. The van der Waals surface area contributed by atoms with Gasteiger partial charge in [-0.2, -0.15) is 0 Å². The van der Waals surface area contributed by atoms with Crippen LogP contribution in [-0.4, -0.2) is 30.3 Å². The van der Waals surface area contributed by atoms with Crippen LogP contribution in [0.5, 0.6) is 0 Å². The number of hydrogen-bond donors (Lipinski definition) is 1. The maximum absolute atomic E-state index is 5.62. The predicted octanol–water partition coefficient (Wildman–Crippen LogP) is 4.07. The lowest BCUT2D eigenvalue weighted by Gasteiger charge is -2.27. The van der Waals surface area contributed by atoms with Crippen molar-refractivity contribution < 1.29 is 4.74 Å². The van der Waals surface area contributed by atoms with Crippen molar-refractivity contribution in [2.24, 2.45) is 0 Å². The van der Waals surface area contributed by atoms with Crippen LogP contribution in [0, 0.1) is 6.92 Å². The van der Waals surface area contributed by atoms with E-state index >= 15 is 0 Å². The summed E-state index contributed by atoms with van der Waals surface area (Å²) in [6, 6.07) is 18.6. The number of thiocarbonyl (C=S) groups is 1. The molecule has 2 aromatic carbocycles. The third-order valence-corrected chi connectivity index (χ3v) is 4.38. The first-order valence-electron chi connectivity index (χ1n) is 8.41. The second kappa shape index (κ2) is 9.97. The first-order valence-corrected chi connectivity index (χ1v) is 8.82. The monoisotopic (exact) mass is 354 g/mol. The number of benzene rings is 2. The molecule has 0 amide bonds. The molecule has 0 atom stereocenters. The molecular formula is C21H26N2OS. The zero-order valence-electron chi connectivity index (χ0n) is 15.0. The van der Waals surface area contributed by atoms with Crippen LogP contribution in [0.2, 0.25) is 0 Å². The van der Waals surface area contributed by atoms with Gasteiger partial charge in [0.05, 0.1) is 6.61 Å². The van der Waals surface area contributed by atoms with Crippen molar-refractivity contribution >= 4 is 17.3 Å². The highest BCUT2D eigenvalue weighted by Gasteiger charge is 2.12. The maximum atomic E-state index is 5.62. The van der Waals surface area contributed by atoms with Crippen molar-refractivity contribution in [3.8, 4) is 0 Å². The van der Waals surface area contributed by atoms with Gasteiger partial charge in [-0.25, -0.2) is 0 Å². The van der Waals surface area contributed by atoms with Gasteiger partial charge in [-0.3, -0.25) is 0 Å². The molecule has 0 bridgehead atoms. The number of hydrogen-bond acceptors (Lipinski definition) is 2. The van der Waals surface area contributed by atoms with Crippen molar-refractivity contribution in [2.75, 3.05) is 20.3 Å². The Kier molecular flexibility index (Phi) is 7.64. The Morgan fingerprint density at radius 2 is 1.80 bits per heavy atom. The van der Waals surface area contributed by atoms with Crippen LogP contribution in [0.4, 0.5) is 0 Å². The summed E-state index contributed by atoms with van der Waals surface area (Å²) in [7, 11) is 1.71. The van der Waals surface area contributed by atoms with Gasteiger partial charge in [0.15, 0.2) is 5.11 Å². The van der Waals surface area contributed by atoms with Gasteiger partial charge in [-0.15, -0.1) is 0 Å². The SMILES string of the molecule is C=C(Cc1ccccc1)NC(=S)N(CCOC)Cc1ccccc1C. The zero-order chi connectivity index (χ0) is 18.1. The largest absolute Gasteiger partial charge is 0.383 e. The molecule has 2 aromatic rings. The second-order valence-corrected chi connectivity index (χ2v) is 6.42. The van der Waals surface area contributed by atoms with Gasteiger partial charge in [-0.05, 0) is 35.8 Å². The van der Waals surface area contributed by atoms with Crippen LogP contribution >= 0.6 is 12.2 Å². The lowest BCUT2D eigenvalue weighted by molar-refractivity contribution is 0.174. The standard InChI is InChI=1S/C21H26N2OS/c1-17-9-7-8-12-20(17)16-23(13-14-24-3)21(25)22-18(2)15-19-10-5-4-6-11-19/h4-12H,2,13-16H2,1,3H3,(H,22,25). The van der Waals surface area contributed by atoms with Gasteiger partial charge in [0, 0.05) is 32.3 Å². The van der Waals surface area contributed by atoms with Gasteiger partial charge >= 0.3 is 0 Å². The summed E-state index contributed by atoms with van der Waals surface area (Å²) in [5.74, 6) is 0. The quantitative estimate of drug-likeness (QED) is 0.722. The van der Waals surface area contributed by atoms with E-state index < -0.39 is 0 Å². The van der Waals surface area contributed by atoms with E-state index in [0.717, 1.165) is 25.2 Å². The van der Waals surface area contributed by atoms with Crippen molar-refractivity contribution in [3.63, 3.8) is 0 Å². The Bertz CT molecular complexity index is 700. The van der Waals surface area contributed by atoms with Crippen LogP contribution in [0.1, 0.15) is 16.7 Å². The summed E-state index contributed by atoms with van der Waals surface area (Å²) in [6.45, 7) is 8.35. The van der Waals surface area contributed by atoms with E-state index in [9.17, 15) is 0 Å². The molecule has 0 aliphatic heterocycles. The van der Waals surface area contributed by atoms with E-state index in [1.165, 1.54) is 16.7 Å². The van der Waals surface area contributed by atoms with E-state index in [1.807, 2.05) is 18.2 Å². The highest BCUT2D eigenvalue weighted by Crippen LogP contribution is 2.12. The molecule has 3 nitrogen and oxygen atoms in total. The molecule has 2 rings (SSSR count). The molecule has 0 saturated heterocycles. The molecule has 0 saturated carbocycles. The van der Waals surface area contributed by atoms with Gasteiger partial charge < -0.3 is 15.0 Å². The molecule has 0 aliphatic carbocycles. The minimum absolute atomic E-state index is 0.624. The molecule has 4 heteroatoms. The summed E-state index contributed by atoms with van der Waals surface area (Å²) >= 11 is 5.62. The Labute approximate surface area is 156 Å². The highest BCUT2D eigenvalue weighted by atomic mass is 32.1. The molecule has 25 heavy (non-hydrogen) atoms. The molecule has 0 heterocycles. The van der Waals surface area contributed by atoms with Crippen LogP contribution < -0.4 is 5.32 Å². The number of nitrogens with zero attached hydrogens (tertiary/aromatic N) is 1. The first kappa shape index (κ1) is 19.2. The fourth-order valence-electron chi connectivity index (χ4n) is 2.56. The van der Waals surface area contributed by atoms with E-state index in [4.69, 9.17) is 17.0 Å². The Morgan fingerprint density at radius 3 is 2.48 bits per heavy atom. The lowest BCUT2D eigenvalue weighted by atomic mass is 10.1. The summed E-state index contributed by atoms with van der Waals surface area (Å²) in [5, 5.41) is 3.97. The predicted molar refractivity (Wildman–Crippen MR) is 108 cm³/mol. The molecule has 0 fully saturated rings. The average molecular weight is 355 g/mol. The fraction of sp³-hybridized carbons (Fsp3) is 0.286. The number of rotatable bonds is 8. The van der Waals surface area contributed by atoms with Crippen molar-refractivity contribution in [3.05, 3.63) is 83.6 Å². The smallest absolute Gasteiger partial charge is 0.173 e. The van der Waals surface area contributed by atoms with Gasteiger partial charge in [-0.1, -0.05) is 61.2 Å². The molecular weight excluding hydrogens is 328 g/mol. The molecule has 0 unspecified atom stereocenters. The van der Waals surface area contributed by atoms with Gasteiger partial charge in [0.2, 0.25) is 0 Å². The average Bonchev–Trinajstić information content (AvgIpc) is 2.60. The second-order valence-electron chi connectivity index (χ2n) is 6.04. The Hall–Kier alpha value is -2.17. The maximum Gasteiger partial charge on any atom is 0.173 e. The van der Waals surface area contributed by atoms with Crippen molar-refractivity contribution in [2.45, 2.75) is 19.9 Å². The number of allylic oxidation sites excluding steroid dienone is 1. The molecule has 1 N–H and O–H groups in total. The van der Waals surface area contributed by atoms with Crippen LogP contribution in [-0.2, 0) is 17.7 Å². The third kappa shape index (κ3) is 6.33. The third-order valence-electron chi connectivity index (χ3n) is 4.02. The molecule has 0 aromatic heterocycles. The van der Waals surface area contributed by atoms with Gasteiger partial charge in [0.1, 0.15) is 0 Å². The normalized spacial score (nSPS) is 10.3. The summed E-state index contributed by atoms with van der Waals surface area (Å²) < 4.78 is 5.24. The van der Waals surface area contributed by atoms with Crippen LogP contribution in [0.25, 0.3) is 0 Å². The van der Waals surface area contributed by atoms with E-state index in [-0.39, 0.29) is 0 Å². The molecule has 132 valence electrons. The minimum atomic E-state index is 0.624. The lowest BCUT2D eigenvalue weighted by Crippen LogP contribution is -2.40. The van der Waals surface area contributed by atoms with Gasteiger partial charge in [0.25, 0.3) is 0 Å².